The molecule has 0 unspecified atom stereocenters. The van der Waals surface area contributed by atoms with Gasteiger partial charge in [-0.15, -0.1) is 0 Å². The quantitative estimate of drug-likeness (QED) is 0.870. The Hall–Kier alpha value is -2.10. The number of anilines is 3. The topological polar surface area (TPSA) is 49.8 Å². The third-order valence-electron chi connectivity index (χ3n) is 3.94. The Bertz CT molecular complexity index is 647. The third kappa shape index (κ3) is 2.99. The highest BCUT2D eigenvalue weighted by molar-refractivity contribution is 5.65. The molecule has 1 aliphatic carbocycles. The largest absolute Gasteiger partial charge is 0.373 e. The zero-order valence-corrected chi connectivity index (χ0v) is 12.9. The van der Waals surface area contributed by atoms with Gasteiger partial charge in [0.2, 0.25) is 0 Å². The minimum atomic E-state index is 0.542. The first kappa shape index (κ1) is 13.9. The molecule has 0 spiro atoms. The summed E-state index contributed by atoms with van der Waals surface area (Å²) in [5.74, 6) is 3.32. The monoisotopic (exact) mass is 282 g/mol. The molecule has 0 atom stereocenters. The van der Waals surface area contributed by atoms with Crippen LogP contribution in [0.3, 0.4) is 0 Å². The van der Waals surface area contributed by atoms with E-state index >= 15 is 0 Å². The standard InChI is InChI=1S/C17H22N4/c1-4-12-6-5-7-14(10-12)19-16-11(2)15(18-3)20-17(21-16)13-8-9-13/h5-7,10,13H,4,8-9H2,1-3H3,(H2,18,19,20,21). The lowest BCUT2D eigenvalue weighted by atomic mass is 10.1. The Morgan fingerprint density at radius 3 is 2.62 bits per heavy atom. The Morgan fingerprint density at radius 2 is 1.95 bits per heavy atom. The van der Waals surface area contributed by atoms with Crippen LogP contribution in [0.15, 0.2) is 24.3 Å². The maximum Gasteiger partial charge on any atom is 0.139 e. The van der Waals surface area contributed by atoms with Gasteiger partial charge in [0.1, 0.15) is 17.5 Å². The molecule has 1 heterocycles. The minimum Gasteiger partial charge on any atom is -0.373 e. The first-order valence-corrected chi connectivity index (χ1v) is 7.63. The first-order chi connectivity index (χ1) is 10.2. The smallest absolute Gasteiger partial charge is 0.139 e. The maximum atomic E-state index is 4.73. The molecule has 110 valence electrons. The van der Waals surface area contributed by atoms with Gasteiger partial charge in [-0.2, -0.15) is 0 Å². The number of hydrogen-bond acceptors (Lipinski definition) is 4. The van der Waals surface area contributed by atoms with E-state index in [0.717, 1.165) is 35.1 Å². The van der Waals surface area contributed by atoms with Crippen LogP contribution in [0.25, 0.3) is 0 Å². The Balaban J connectivity index is 1.94. The van der Waals surface area contributed by atoms with Crippen LogP contribution in [-0.4, -0.2) is 17.0 Å². The first-order valence-electron chi connectivity index (χ1n) is 7.63. The van der Waals surface area contributed by atoms with E-state index in [1.807, 2.05) is 7.05 Å². The summed E-state index contributed by atoms with van der Waals surface area (Å²) in [7, 11) is 1.91. The summed E-state index contributed by atoms with van der Waals surface area (Å²) in [5.41, 5.74) is 3.46. The number of aromatic nitrogens is 2. The lowest BCUT2D eigenvalue weighted by molar-refractivity contribution is 0.923. The summed E-state index contributed by atoms with van der Waals surface area (Å²) in [4.78, 5) is 9.36. The van der Waals surface area contributed by atoms with Gasteiger partial charge in [-0.25, -0.2) is 9.97 Å². The van der Waals surface area contributed by atoms with Crippen LogP contribution in [-0.2, 0) is 6.42 Å². The van der Waals surface area contributed by atoms with E-state index in [2.05, 4.69) is 53.7 Å². The number of aryl methyl sites for hydroxylation is 1. The molecule has 21 heavy (non-hydrogen) atoms. The number of nitrogens with one attached hydrogen (secondary N) is 2. The van der Waals surface area contributed by atoms with E-state index in [9.17, 15) is 0 Å². The molecular formula is C17H22N4. The molecule has 1 saturated carbocycles. The Labute approximate surface area is 126 Å². The van der Waals surface area contributed by atoms with Crippen LogP contribution in [0.5, 0.6) is 0 Å². The lowest BCUT2D eigenvalue weighted by Crippen LogP contribution is -2.06. The lowest BCUT2D eigenvalue weighted by Gasteiger charge is -2.14. The molecule has 3 rings (SSSR count). The molecule has 0 amide bonds. The predicted molar refractivity (Wildman–Crippen MR) is 87.4 cm³/mol. The van der Waals surface area contributed by atoms with Crippen molar-refractivity contribution in [3.8, 4) is 0 Å². The molecular weight excluding hydrogens is 260 g/mol. The Morgan fingerprint density at radius 1 is 1.19 bits per heavy atom. The number of hydrogen-bond donors (Lipinski definition) is 2. The number of rotatable bonds is 5. The molecule has 0 radical (unpaired) electrons. The molecule has 0 saturated heterocycles. The molecule has 0 bridgehead atoms. The summed E-state index contributed by atoms with van der Waals surface area (Å²) in [5, 5.41) is 6.63. The van der Waals surface area contributed by atoms with Gasteiger partial charge in [0, 0.05) is 24.2 Å². The minimum absolute atomic E-state index is 0.542. The number of benzene rings is 1. The molecule has 1 aliphatic rings. The van der Waals surface area contributed by atoms with Gasteiger partial charge < -0.3 is 10.6 Å². The predicted octanol–water partition coefficient (Wildman–Crippen LogP) is 4.01. The second-order valence-corrected chi connectivity index (χ2v) is 5.61. The van der Waals surface area contributed by atoms with Crippen LogP contribution in [0.1, 0.15) is 42.6 Å². The summed E-state index contributed by atoms with van der Waals surface area (Å²) in [6.45, 7) is 4.22. The van der Waals surface area contributed by atoms with Gasteiger partial charge in [-0.05, 0) is 43.9 Å². The van der Waals surface area contributed by atoms with E-state index in [-0.39, 0.29) is 0 Å². The fraction of sp³-hybridized carbons (Fsp3) is 0.412. The van der Waals surface area contributed by atoms with Gasteiger partial charge in [0.25, 0.3) is 0 Å². The summed E-state index contributed by atoms with van der Waals surface area (Å²) < 4.78 is 0. The zero-order valence-electron chi connectivity index (χ0n) is 12.9. The molecule has 2 N–H and O–H groups in total. The average Bonchev–Trinajstić information content (AvgIpc) is 3.34. The van der Waals surface area contributed by atoms with Crippen molar-refractivity contribution in [1.29, 1.82) is 0 Å². The van der Waals surface area contributed by atoms with Crippen molar-refractivity contribution in [2.75, 3.05) is 17.7 Å². The fourth-order valence-corrected chi connectivity index (χ4v) is 2.43. The highest BCUT2D eigenvalue weighted by Gasteiger charge is 2.28. The average molecular weight is 282 g/mol. The highest BCUT2D eigenvalue weighted by Crippen LogP contribution is 2.39. The van der Waals surface area contributed by atoms with Crippen molar-refractivity contribution in [1.82, 2.24) is 9.97 Å². The third-order valence-corrected chi connectivity index (χ3v) is 3.94. The highest BCUT2D eigenvalue weighted by atomic mass is 15.1. The summed E-state index contributed by atoms with van der Waals surface area (Å²) in [6.07, 6.45) is 3.45. The van der Waals surface area contributed by atoms with Gasteiger partial charge >= 0.3 is 0 Å². The van der Waals surface area contributed by atoms with Crippen molar-refractivity contribution < 1.29 is 0 Å². The molecule has 1 fully saturated rings. The van der Waals surface area contributed by atoms with Crippen molar-refractivity contribution >= 4 is 17.3 Å². The summed E-state index contributed by atoms with van der Waals surface area (Å²) >= 11 is 0. The SMILES string of the molecule is CCc1cccc(Nc2nc(C3CC3)nc(NC)c2C)c1. The van der Waals surface area contributed by atoms with Crippen molar-refractivity contribution in [2.45, 2.75) is 39.0 Å². The van der Waals surface area contributed by atoms with Crippen molar-refractivity contribution in [3.05, 3.63) is 41.2 Å². The second kappa shape index (κ2) is 5.72. The molecule has 4 heteroatoms. The van der Waals surface area contributed by atoms with Crippen molar-refractivity contribution in [2.24, 2.45) is 0 Å². The van der Waals surface area contributed by atoms with E-state index in [4.69, 9.17) is 4.98 Å². The van der Waals surface area contributed by atoms with Crippen LogP contribution in [0, 0.1) is 6.92 Å². The second-order valence-electron chi connectivity index (χ2n) is 5.61. The van der Waals surface area contributed by atoms with Gasteiger partial charge in [-0.1, -0.05) is 19.1 Å². The van der Waals surface area contributed by atoms with Crippen molar-refractivity contribution in [3.63, 3.8) is 0 Å². The van der Waals surface area contributed by atoms with Crippen LogP contribution < -0.4 is 10.6 Å². The maximum absolute atomic E-state index is 4.73. The van der Waals surface area contributed by atoms with Crippen LogP contribution >= 0.6 is 0 Å². The Kier molecular flexibility index (Phi) is 3.78. The molecule has 1 aromatic carbocycles. The van der Waals surface area contributed by atoms with Crippen LogP contribution in [0.2, 0.25) is 0 Å². The molecule has 1 aromatic heterocycles. The van der Waals surface area contributed by atoms with E-state index in [1.165, 1.54) is 18.4 Å². The normalized spacial score (nSPS) is 14.0. The van der Waals surface area contributed by atoms with Gasteiger partial charge in [-0.3, -0.25) is 0 Å². The molecule has 0 aliphatic heterocycles. The number of nitrogens with zero attached hydrogens (tertiary/aromatic N) is 2. The van der Waals surface area contributed by atoms with E-state index < -0.39 is 0 Å². The van der Waals surface area contributed by atoms with E-state index in [1.54, 1.807) is 0 Å². The van der Waals surface area contributed by atoms with Gasteiger partial charge in [0.05, 0.1) is 0 Å². The zero-order chi connectivity index (χ0) is 14.8. The molecule has 4 nitrogen and oxygen atoms in total. The fourth-order valence-electron chi connectivity index (χ4n) is 2.43. The van der Waals surface area contributed by atoms with Crippen LogP contribution in [0.4, 0.5) is 17.3 Å². The van der Waals surface area contributed by atoms with Gasteiger partial charge in [0.15, 0.2) is 0 Å². The summed E-state index contributed by atoms with van der Waals surface area (Å²) in [6, 6.07) is 8.49. The molecule has 2 aromatic rings. The van der Waals surface area contributed by atoms with E-state index in [0.29, 0.717) is 5.92 Å².